The van der Waals surface area contributed by atoms with Gasteiger partial charge in [-0.15, -0.1) is 0 Å². The van der Waals surface area contributed by atoms with Gasteiger partial charge in [-0.1, -0.05) is 110 Å². The minimum Gasteiger partial charge on any atom is -0.420 e. The van der Waals surface area contributed by atoms with E-state index in [4.69, 9.17) is 19.9 Å². The lowest BCUT2D eigenvalue weighted by Gasteiger charge is -2.39. The number of nitrogens with one attached hydrogen (secondary N) is 7. The molecule has 2 unspecified atom stereocenters. The fourth-order valence-corrected chi connectivity index (χ4v) is 14.6. The molecule has 3 aliphatic rings. The number of ether oxygens (including phenoxy) is 3. The fraction of sp³-hybridized carbons (Fsp3) is 0.592. The summed E-state index contributed by atoms with van der Waals surface area (Å²) >= 11 is 0. The topological polar surface area (TPSA) is 339 Å². The summed E-state index contributed by atoms with van der Waals surface area (Å²) in [6.45, 7) is 19.1. The number of hydrogen-bond acceptors (Lipinski definition) is 15. The predicted octanol–water partition coefficient (Wildman–Crippen LogP) is 6.46. The Morgan fingerprint density at radius 3 is 1.79 bits per heavy atom. The number of nitrogens with zero attached hydrogens (tertiary/aromatic N) is 4. The minimum atomic E-state index is -2.41. The number of nitrogens with two attached hydrogens (primary N) is 1. The number of carbonyl (C=O) groups excluding carboxylic acids is 11. The van der Waals surface area contributed by atoms with Crippen molar-refractivity contribution in [3.8, 4) is 5.75 Å². The molecule has 0 aliphatic carbocycles. The molecule has 3 aliphatic heterocycles. The Morgan fingerprint density at radius 1 is 0.636 bits per heavy atom. The van der Waals surface area contributed by atoms with E-state index in [9.17, 15) is 74.7 Å². The number of hydrogen-bond donors (Lipinski definition) is 8. The fourth-order valence-electron chi connectivity index (χ4n) is 14.6. The highest BCUT2D eigenvalue weighted by atomic mass is 19.2. The Morgan fingerprint density at radius 2 is 1.23 bits per heavy atom. The van der Waals surface area contributed by atoms with Crippen molar-refractivity contribution in [2.45, 2.75) is 212 Å². The van der Waals surface area contributed by atoms with Gasteiger partial charge in [0.1, 0.15) is 24.2 Å². The van der Waals surface area contributed by atoms with Crippen molar-refractivity contribution in [2.75, 3.05) is 53.8 Å². The van der Waals surface area contributed by atoms with Gasteiger partial charge in [-0.3, -0.25) is 52.8 Å². The highest BCUT2D eigenvalue weighted by Gasteiger charge is 2.48. The zero-order valence-electron chi connectivity index (χ0n) is 63.4. The normalized spacial score (nSPS) is 18.8. The van der Waals surface area contributed by atoms with Crippen molar-refractivity contribution in [2.24, 2.45) is 35.3 Å². The molecule has 0 radical (unpaired) electrons. The molecule has 0 aromatic heterocycles. The molecule has 26 nitrogen and oxygen atoms in total. The number of primary amides is 1. The highest BCUT2D eigenvalue weighted by molar-refractivity contribution is 5.99. The average Bonchev–Trinajstić information content (AvgIpc) is 1.51. The zero-order chi connectivity index (χ0) is 79.4. The Labute approximate surface area is 622 Å². The van der Waals surface area contributed by atoms with Crippen LogP contribution in [0.4, 0.5) is 32.4 Å². The van der Waals surface area contributed by atoms with Crippen LogP contribution >= 0.6 is 0 Å². The smallest absolute Gasteiger partial charge is 0.314 e. The number of esters is 1. The number of methoxy groups -OCH3 is 2. The predicted molar refractivity (Wildman–Crippen MR) is 387 cm³/mol. The first-order valence-electron chi connectivity index (χ1n) is 36.5. The van der Waals surface area contributed by atoms with Gasteiger partial charge in [0.2, 0.25) is 88.0 Å². The maximum absolute atomic E-state index is 14.6. The summed E-state index contributed by atoms with van der Waals surface area (Å²) < 4.78 is 86.7. The molecule has 3 heterocycles. The first kappa shape index (κ1) is 86.8. The number of likely N-dealkylation sites (tertiary alicyclic amines) is 1. The molecule has 11 amide bonds. The summed E-state index contributed by atoms with van der Waals surface area (Å²) in [5.41, 5.74) is 7.55. The van der Waals surface area contributed by atoms with Crippen LogP contribution in [0.1, 0.15) is 144 Å². The lowest BCUT2D eigenvalue weighted by Crippen LogP contribution is -2.59. The molecule has 2 bridgehead atoms. The second-order valence-electron chi connectivity index (χ2n) is 29.2. The summed E-state index contributed by atoms with van der Waals surface area (Å²) in [6, 6.07) is 7.35. The van der Waals surface area contributed by atoms with Gasteiger partial charge in [0.15, 0.2) is 0 Å². The van der Waals surface area contributed by atoms with Crippen LogP contribution in [-0.2, 0) is 70.4 Å². The molecule has 31 heteroatoms. The van der Waals surface area contributed by atoms with Crippen molar-refractivity contribution < 1.29 is 88.9 Å². The van der Waals surface area contributed by atoms with Crippen LogP contribution in [-0.4, -0.2) is 200 Å². The van der Waals surface area contributed by atoms with E-state index in [2.05, 4.69) is 43.8 Å². The average molecular weight is 1510 g/mol. The van der Waals surface area contributed by atoms with Crippen molar-refractivity contribution in [1.82, 2.24) is 51.5 Å². The molecule has 0 saturated carbocycles. The molecule has 590 valence electrons. The molecule has 3 aromatic carbocycles. The van der Waals surface area contributed by atoms with E-state index in [0.717, 1.165) is 5.56 Å². The third kappa shape index (κ3) is 23.0. The number of benzene rings is 3. The van der Waals surface area contributed by atoms with Gasteiger partial charge in [0.05, 0.1) is 48.6 Å². The van der Waals surface area contributed by atoms with E-state index in [1.807, 2.05) is 83.9 Å². The molecule has 0 spiro atoms. The second kappa shape index (κ2) is 40.2. The number of anilines is 1. The highest BCUT2D eigenvalue weighted by Crippen LogP contribution is 2.41. The molecule has 3 fully saturated rings. The Bertz CT molecular complexity index is 3600. The summed E-state index contributed by atoms with van der Waals surface area (Å²) in [6.07, 6.45) is 0.0588. The van der Waals surface area contributed by atoms with Crippen LogP contribution in [0.25, 0.3) is 0 Å². The third-order valence-electron chi connectivity index (χ3n) is 20.3. The number of piperidine rings is 1. The quantitative estimate of drug-likeness (QED) is 0.00580. The maximum Gasteiger partial charge on any atom is 0.314 e. The molecule has 12 atom stereocenters. The third-order valence-corrected chi connectivity index (χ3v) is 20.3. The number of fused-ring (bicyclic) bond motifs is 2. The molecule has 3 aromatic rings. The van der Waals surface area contributed by atoms with Gasteiger partial charge in [0.25, 0.3) is 0 Å². The Kier molecular flexibility index (Phi) is 32.6. The van der Waals surface area contributed by atoms with Crippen molar-refractivity contribution >= 4 is 70.9 Å². The minimum absolute atomic E-state index is 0.00975. The number of likely N-dealkylation sites (N-methyl/N-ethyl adjacent to an activating group) is 2. The molecule has 3 saturated heterocycles. The SMILES string of the molecule is C=C(CC)[C@@H]([C@@H](CC(=O)N1CCC[C@H]1[C@H](OC)[C@@H](C)C(=O)N[C@@H](Cc1ccccc1)C(=O)NCc1ccc(NC(=O)[C@H](CCCNC(N)=O)NC(=O)[C@@H](NC(=O)CCC(=O)N2C3CCC2CC(C(=O)Oc2c(F)c(F)c(F)c(F)c2F)C3)C(C)C)cc1)OC)N(C)C(=O)[C@@H](NC(=O)[C@H](C(C)C)N(C)C)C(C)C. The van der Waals surface area contributed by atoms with Gasteiger partial charge < -0.3 is 71.9 Å². The molecular formula is C76H107F5N12O14. The van der Waals surface area contributed by atoms with Crippen LogP contribution in [0.5, 0.6) is 5.75 Å². The summed E-state index contributed by atoms with van der Waals surface area (Å²) in [4.78, 5) is 158. The maximum atomic E-state index is 14.6. The van der Waals surface area contributed by atoms with Gasteiger partial charge in [-0.25, -0.2) is 18.0 Å². The van der Waals surface area contributed by atoms with E-state index >= 15 is 0 Å². The van der Waals surface area contributed by atoms with Crippen LogP contribution in [0.3, 0.4) is 0 Å². The number of halogens is 5. The molecule has 6 rings (SSSR count). The van der Waals surface area contributed by atoms with Gasteiger partial charge in [-0.2, -0.15) is 8.78 Å². The summed E-state index contributed by atoms with van der Waals surface area (Å²) in [5, 5.41) is 19.4. The number of amides is 11. The van der Waals surface area contributed by atoms with Crippen molar-refractivity contribution in [1.29, 1.82) is 0 Å². The standard InChI is InChI=1S/C76H107F5N12O14/c1-15-43(8)66(91(12)74(102)64(41(4)5)89-73(101)65(42(6)7)90(10)11)54(105-13)38-57(96)92-34-20-24-53(92)67(106-14)44(9)69(97)87-52(35-45-21-17-16-18-22-45)70(98)84-39-46-25-27-48(28-26-46)85-71(99)51(23-19-33-83-76(82)104)86-72(100)63(40(2)3)88-55(94)31-32-56(95)93-49-29-30-50(93)37-47(36-49)75(103)107-68-61(80)59(78)58(77)60(79)62(68)81/h16-18,21-22,25-28,40-42,44,47,49-54,63-67H,8,15,19-20,23-24,29-39H2,1-7,9-14H3,(H,84,98)(H,85,99)(H,86,100)(H,87,97)(H,88,94)(H,89,101)(H3,82,83,104)/t44-,47?,49?,50?,51+,52+,53+,54-,63+,64+,65+,66+,67-/m1/s1. The molecule has 9 N–H and O–H groups in total. The van der Waals surface area contributed by atoms with Crippen LogP contribution in [0, 0.1) is 58.7 Å². The van der Waals surface area contributed by atoms with Gasteiger partial charge in [-0.05, 0) is 113 Å². The van der Waals surface area contributed by atoms with Gasteiger partial charge >= 0.3 is 12.0 Å². The van der Waals surface area contributed by atoms with Crippen LogP contribution in [0.15, 0.2) is 66.7 Å². The largest absolute Gasteiger partial charge is 0.420 e. The lowest BCUT2D eigenvalue weighted by molar-refractivity contribution is -0.147. The number of carbonyl (C=O) groups is 11. The van der Waals surface area contributed by atoms with E-state index in [0.29, 0.717) is 55.5 Å². The number of rotatable bonds is 38. The number of urea groups is 1. The van der Waals surface area contributed by atoms with E-state index < -0.39 is 167 Å². The van der Waals surface area contributed by atoms with E-state index in [-0.39, 0.29) is 94.0 Å². The zero-order valence-corrected chi connectivity index (χ0v) is 63.4. The summed E-state index contributed by atoms with van der Waals surface area (Å²) in [7, 11) is 8.18. The first-order chi connectivity index (χ1) is 50.5. The van der Waals surface area contributed by atoms with Crippen LogP contribution < -0.4 is 47.7 Å². The van der Waals surface area contributed by atoms with Crippen LogP contribution in [0.2, 0.25) is 0 Å². The first-order valence-corrected chi connectivity index (χ1v) is 36.5. The monoisotopic (exact) mass is 1510 g/mol. The van der Waals surface area contributed by atoms with E-state index in [1.54, 1.807) is 57.0 Å². The second-order valence-corrected chi connectivity index (χ2v) is 29.2. The van der Waals surface area contributed by atoms with Crippen molar-refractivity contribution in [3.63, 3.8) is 0 Å². The molecule has 107 heavy (non-hydrogen) atoms. The van der Waals surface area contributed by atoms with E-state index in [1.165, 1.54) is 24.0 Å². The van der Waals surface area contributed by atoms with Crippen molar-refractivity contribution in [3.05, 3.63) is 107 Å². The van der Waals surface area contributed by atoms with Gasteiger partial charge in [0, 0.05) is 77.9 Å². The Balaban J connectivity index is 1.05. The molecular weight excluding hydrogens is 1400 g/mol. The Hall–Kier alpha value is -9.10. The summed E-state index contributed by atoms with van der Waals surface area (Å²) in [5.74, 6) is -21.9. The lowest BCUT2D eigenvalue weighted by atomic mass is 9.90.